The smallest absolute Gasteiger partial charge is 0.311 e. The topological polar surface area (TPSA) is 108 Å². The largest absolute Gasteiger partial charge is 0.490 e. The van der Waals surface area contributed by atoms with Crippen LogP contribution in [0.4, 0.5) is 15.8 Å². The summed E-state index contributed by atoms with van der Waals surface area (Å²) in [4.78, 5) is 34.2. The highest BCUT2D eigenvalue weighted by molar-refractivity contribution is 6.31. The van der Waals surface area contributed by atoms with E-state index >= 15 is 0 Å². The number of nitrogens with zero attached hydrogens (tertiary/aromatic N) is 1. The van der Waals surface area contributed by atoms with Crippen LogP contribution in [0.3, 0.4) is 0 Å². The van der Waals surface area contributed by atoms with Gasteiger partial charge < -0.3 is 14.8 Å². The number of amides is 1. The van der Waals surface area contributed by atoms with Crippen LogP contribution in [0.1, 0.15) is 11.1 Å². The number of halogens is 2. The fraction of sp³-hybridized carbons (Fsp3) is 0.222. The van der Waals surface area contributed by atoms with Gasteiger partial charge in [-0.15, -0.1) is 0 Å². The molecule has 0 radical (unpaired) electrons. The molecule has 0 bridgehead atoms. The van der Waals surface area contributed by atoms with Gasteiger partial charge in [0.05, 0.1) is 18.5 Å². The summed E-state index contributed by atoms with van der Waals surface area (Å²) >= 11 is 5.84. The molecule has 0 spiro atoms. The molecule has 2 aromatic rings. The van der Waals surface area contributed by atoms with Gasteiger partial charge in [0, 0.05) is 28.4 Å². The molecule has 0 atom stereocenters. The molecule has 0 fully saturated rings. The monoisotopic (exact) mass is 410 g/mol. The second-order valence-corrected chi connectivity index (χ2v) is 6.09. The zero-order chi connectivity index (χ0) is 20.8. The molecule has 10 heteroatoms. The first-order valence-corrected chi connectivity index (χ1v) is 8.32. The predicted molar refractivity (Wildman–Crippen MR) is 99.1 cm³/mol. The van der Waals surface area contributed by atoms with Crippen LogP contribution >= 0.6 is 11.6 Å². The Morgan fingerprint density at radius 2 is 2.04 bits per heavy atom. The number of nitro groups is 1. The van der Waals surface area contributed by atoms with Crippen LogP contribution in [0, 0.1) is 22.9 Å². The number of methoxy groups -OCH3 is 1. The van der Waals surface area contributed by atoms with E-state index in [-0.39, 0.29) is 27.7 Å². The van der Waals surface area contributed by atoms with Crippen LogP contribution < -0.4 is 10.1 Å². The number of nitrogens with one attached hydrogen (secondary N) is 1. The summed E-state index contributed by atoms with van der Waals surface area (Å²) in [5.74, 6) is -2.19. The molecule has 0 aliphatic rings. The predicted octanol–water partition coefficient (Wildman–Crippen LogP) is 3.43. The summed E-state index contributed by atoms with van der Waals surface area (Å²) in [5.41, 5.74) is 0.419. The summed E-state index contributed by atoms with van der Waals surface area (Å²) in [6.45, 7) is 0.942. The maximum atomic E-state index is 13.7. The molecule has 1 N–H and O–H groups in total. The summed E-state index contributed by atoms with van der Waals surface area (Å²) < 4.78 is 23.4. The Morgan fingerprint density at radius 1 is 1.32 bits per heavy atom. The Labute approximate surface area is 164 Å². The number of rotatable bonds is 7. The normalized spacial score (nSPS) is 10.3. The zero-order valence-corrected chi connectivity index (χ0v) is 15.7. The molecule has 2 rings (SSSR count). The minimum atomic E-state index is -0.833. The summed E-state index contributed by atoms with van der Waals surface area (Å²) in [6.07, 6.45) is -0.427. The Kier molecular flexibility index (Phi) is 6.89. The van der Waals surface area contributed by atoms with Crippen LogP contribution in [-0.2, 0) is 20.7 Å². The second kappa shape index (κ2) is 9.14. The highest BCUT2D eigenvalue weighted by Crippen LogP contribution is 2.32. The molecule has 0 heterocycles. The average Bonchev–Trinajstić information content (AvgIpc) is 2.64. The number of nitro benzene ring substituents is 1. The van der Waals surface area contributed by atoms with Crippen LogP contribution in [0.25, 0.3) is 0 Å². The van der Waals surface area contributed by atoms with Gasteiger partial charge in [-0.25, -0.2) is 4.39 Å². The first-order valence-electron chi connectivity index (χ1n) is 7.94. The van der Waals surface area contributed by atoms with Crippen molar-refractivity contribution in [1.29, 1.82) is 0 Å². The van der Waals surface area contributed by atoms with Gasteiger partial charge >= 0.3 is 11.7 Å². The number of aryl methyl sites for hydroxylation is 1. The maximum Gasteiger partial charge on any atom is 0.311 e. The van der Waals surface area contributed by atoms with Crippen molar-refractivity contribution >= 4 is 34.9 Å². The highest BCUT2D eigenvalue weighted by atomic mass is 35.5. The number of anilines is 1. The van der Waals surface area contributed by atoms with Gasteiger partial charge in [-0.2, -0.15) is 0 Å². The molecule has 0 saturated heterocycles. The maximum absolute atomic E-state index is 13.7. The Balaban J connectivity index is 1.99. The number of ether oxygens (including phenoxy) is 2. The summed E-state index contributed by atoms with van der Waals surface area (Å²) in [6, 6.07) is 6.55. The van der Waals surface area contributed by atoms with E-state index in [0.29, 0.717) is 5.56 Å². The van der Waals surface area contributed by atoms with E-state index in [1.807, 2.05) is 0 Å². The molecule has 148 valence electrons. The zero-order valence-electron chi connectivity index (χ0n) is 15.0. The SMILES string of the molecule is COc1cc(NC(=O)COC(=O)Cc2c(F)cccc2Cl)c(C)cc1[N+](=O)[O-]. The standard InChI is InChI=1S/C18H16ClFN2O6/c1-10-6-15(22(25)26)16(27-2)8-14(10)21-17(23)9-28-18(24)7-11-12(19)4-3-5-13(11)20/h3-6,8H,7,9H2,1-2H3,(H,21,23). The van der Waals surface area contributed by atoms with Gasteiger partial charge in [-0.1, -0.05) is 17.7 Å². The molecule has 2 aromatic carbocycles. The third-order valence-corrected chi connectivity index (χ3v) is 4.10. The van der Waals surface area contributed by atoms with Gasteiger partial charge in [0.25, 0.3) is 5.91 Å². The number of benzene rings is 2. The van der Waals surface area contributed by atoms with Crippen molar-refractivity contribution in [2.24, 2.45) is 0 Å². The minimum Gasteiger partial charge on any atom is -0.490 e. The minimum absolute atomic E-state index is 0.0227. The van der Waals surface area contributed by atoms with Gasteiger partial charge in [0.2, 0.25) is 0 Å². The molecule has 8 nitrogen and oxygen atoms in total. The van der Waals surface area contributed by atoms with E-state index < -0.39 is 35.6 Å². The summed E-state index contributed by atoms with van der Waals surface area (Å²) in [7, 11) is 1.26. The number of hydrogen-bond donors (Lipinski definition) is 1. The fourth-order valence-corrected chi connectivity index (χ4v) is 2.57. The van der Waals surface area contributed by atoms with E-state index in [1.54, 1.807) is 6.92 Å². The van der Waals surface area contributed by atoms with Gasteiger partial charge in [-0.05, 0) is 24.6 Å². The Hall–Kier alpha value is -3.20. The molecular weight excluding hydrogens is 395 g/mol. The Morgan fingerprint density at radius 3 is 2.64 bits per heavy atom. The molecule has 0 saturated carbocycles. The van der Waals surface area contributed by atoms with Gasteiger partial charge in [0.15, 0.2) is 12.4 Å². The molecular formula is C18H16ClFN2O6. The third kappa shape index (κ3) is 5.17. The average molecular weight is 411 g/mol. The number of hydrogen-bond acceptors (Lipinski definition) is 6. The molecule has 0 aliphatic heterocycles. The first kappa shape index (κ1) is 21.1. The molecule has 1 amide bonds. The van der Waals surface area contributed by atoms with Gasteiger partial charge in [-0.3, -0.25) is 19.7 Å². The second-order valence-electron chi connectivity index (χ2n) is 5.68. The van der Waals surface area contributed by atoms with E-state index in [1.165, 1.54) is 31.4 Å². The highest BCUT2D eigenvalue weighted by Gasteiger charge is 2.19. The van der Waals surface area contributed by atoms with Crippen molar-refractivity contribution in [2.45, 2.75) is 13.3 Å². The van der Waals surface area contributed by atoms with Crippen LogP contribution in [-0.4, -0.2) is 30.5 Å². The quantitative estimate of drug-likeness (QED) is 0.425. The lowest BCUT2D eigenvalue weighted by atomic mass is 10.1. The molecule has 0 aliphatic carbocycles. The van der Waals surface area contributed by atoms with E-state index in [4.69, 9.17) is 21.1 Å². The van der Waals surface area contributed by atoms with E-state index in [2.05, 4.69) is 5.32 Å². The van der Waals surface area contributed by atoms with Crippen molar-refractivity contribution in [1.82, 2.24) is 0 Å². The van der Waals surface area contributed by atoms with Crippen LogP contribution in [0.2, 0.25) is 5.02 Å². The van der Waals surface area contributed by atoms with Crippen molar-refractivity contribution < 1.29 is 28.4 Å². The first-order chi connectivity index (χ1) is 13.2. The van der Waals surface area contributed by atoms with Gasteiger partial charge in [0.1, 0.15) is 5.82 Å². The molecule has 0 aromatic heterocycles. The number of esters is 1. The van der Waals surface area contributed by atoms with Crippen molar-refractivity contribution in [3.8, 4) is 5.75 Å². The van der Waals surface area contributed by atoms with E-state index in [9.17, 15) is 24.1 Å². The van der Waals surface area contributed by atoms with Crippen molar-refractivity contribution in [3.63, 3.8) is 0 Å². The van der Waals surface area contributed by atoms with Crippen molar-refractivity contribution in [2.75, 3.05) is 19.0 Å². The lowest BCUT2D eigenvalue weighted by Gasteiger charge is -2.11. The Bertz CT molecular complexity index is 914. The molecule has 0 unspecified atom stereocenters. The number of carbonyl (C=O) groups excluding carboxylic acids is 2. The molecule has 28 heavy (non-hydrogen) atoms. The lowest BCUT2D eigenvalue weighted by Crippen LogP contribution is -2.22. The van der Waals surface area contributed by atoms with E-state index in [0.717, 1.165) is 6.07 Å². The van der Waals surface area contributed by atoms with Crippen LogP contribution in [0.15, 0.2) is 30.3 Å². The lowest BCUT2D eigenvalue weighted by molar-refractivity contribution is -0.385. The fourth-order valence-electron chi connectivity index (χ4n) is 2.34. The third-order valence-electron chi connectivity index (χ3n) is 3.74. The van der Waals surface area contributed by atoms with Crippen molar-refractivity contribution in [3.05, 3.63) is 62.4 Å². The number of carbonyl (C=O) groups is 2. The summed E-state index contributed by atoms with van der Waals surface area (Å²) in [5, 5.41) is 13.5. The van der Waals surface area contributed by atoms with Crippen LogP contribution in [0.5, 0.6) is 5.75 Å².